The minimum Gasteiger partial charge on any atom is -0.355 e. The van der Waals surface area contributed by atoms with E-state index in [1.54, 1.807) is 6.20 Å². The molecule has 0 aliphatic carbocycles. The van der Waals surface area contributed by atoms with Gasteiger partial charge < -0.3 is 5.32 Å². The van der Waals surface area contributed by atoms with Gasteiger partial charge in [0, 0.05) is 26.1 Å². The Labute approximate surface area is 99.4 Å². The highest BCUT2D eigenvalue weighted by Crippen LogP contribution is 2.05. The monoisotopic (exact) mass is 237 g/mol. The van der Waals surface area contributed by atoms with Gasteiger partial charge >= 0.3 is 0 Å². The lowest BCUT2D eigenvalue weighted by Crippen LogP contribution is -2.20. The SMILES string of the molecule is CC(=O)NCCC#Cc1cnc(Cl)nc1C. The van der Waals surface area contributed by atoms with Crippen LogP contribution in [0.25, 0.3) is 0 Å². The van der Waals surface area contributed by atoms with Crippen molar-refractivity contribution in [3.63, 3.8) is 0 Å². The summed E-state index contributed by atoms with van der Waals surface area (Å²) in [7, 11) is 0. The molecule has 0 aliphatic rings. The zero-order valence-electron chi connectivity index (χ0n) is 9.17. The molecule has 1 amide bonds. The van der Waals surface area contributed by atoms with Crippen molar-refractivity contribution in [1.82, 2.24) is 15.3 Å². The number of carbonyl (C=O) groups is 1. The summed E-state index contributed by atoms with van der Waals surface area (Å²) in [4.78, 5) is 18.4. The second-order valence-corrected chi connectivity index (χ2v) is 3.51. The molecule has 0 fully saturated rings. The van der Waals surface area contributed by atoms with Crippen LogP contribution < -0.4 is 5.32 Å². The average molecular weight is 238 g/mol. The van der Waals surface area contributed by atoms with E-state index < -0.39 is 0 Å². The van der Waals surface area contributed by atoms with Gasteiger partial charge in [0.2, 0.25) is 11.2 Å². The normalized spacial score (nSPS) is 9.19. The molecule has 0 saturated heterocycles. The Kier molecular flexibility index (Phi) is 4.74. The minimum absolute atomic E-state index is 0.0483. The van der Waals surface area contributed by atoms with Crippen molar-refractivity contribution in [2.24, 2.45) is 0 Å². The van der Waals surface area contributed by atoms with Gasteiger partial charge in [0.25, 0.3) is 0 Å². The van der Waals surface area contributed by atoms with E-state index in [0.717, 1.165) is 11.3 Å². The van der Waals surface area contributed by atoms with Crippen molar-refractivity contribution in [3.05, 3.63) is 22.7 Å². The predicted molar refractivity (Wildman–Crippen MR) is 62.0 cm³/mol. The Morgan fingerprint density at radius 1 is 1.62 bits per heavy atom. The number of aryl methyl sites for hydroxylation is 1. The highest BCUT2D eigenvalue weighted by Gasteiger charge is 1.97. The number of aromatic nitrogens is 2. The van der Waals surface area contributed by atoms with E-state index in [2.05, 4.69) is 27.1 Å². The molecule has 84 valence electrons. The summed E-state index contributed by atoms with van der Waals surface area (Å²) in [5, 5.41) is 2.89. The van der Waals surface area contributed by atoms with Crippen LogP contribution in [0.5, 0.6) is 0 Å². The summed E-state index contributed by atoms with van der Waals surface area (Å²) < 4.78 is 0. The molecule has 4 nitrogen and oxygen atoms in total. The number of amides is 1. The zero-order chi connectivity index (χ0) is 12.0. The van der Waals surface area contributed by atoms with Gasteiger partial charge in [-0.3, -0.25) is 4.79 Å². The first-order valence-electron chi connectivity index (χ1n) is 4.82. The largest absolute Gasteiger partial charge is 0.355 e. The molecule has 1 heterocycles. The first-order chi connectivity index (χ1) is 7.59. The Bertz CT molecular complexity index is 448. The van der Waals surface area contributed by atoms with E-state index in [-0.39, 0.29) is 11.2 Å². The molecular formula is C11H12ClN3O. The molecule has 0 unspecified atom stereocenters. The summed E-state index contributed by atoms with van der Waals surface area (Å²) >= 11 is 5.62. The third-order valence-corrected chi connectivity index (χ3v) is 1.98. The maximum Gasteiger partial charge on any atom is 0.222 e. The van der Waals surface area contributed by atoms with Gasteiger partial charge in [0.15, 0.2) is 0 Å². The van der Waals surface area contributed by atoms with Crippen LogP contribution >= 0.6 is 11.6 Å². The summed E-state index contributed by atoms with van der Waals surface area (Å²) in [6.45, 7) is 3.85. The molecule has 0 radical (unpaired) electrons. The van der Waals surface area contributed by atoms with Crippen molar-refractivity contribution < 1.29 is 4.79 Å². The smallest absolute Gasteiger partial charge is 0.222 e. The van der Waals surface area contributed by atoms with Crippen LogP contribution in [0.2, 0.25) is 5.28 Å². The van der Waals surface area contributed by atoms with E-state index in [0.29, 0.717) is 13.0 Å². The van der Waals surface area contributed by atoms with Gasteiger partial charge in [-0.2, -0.15) is 0 Å². The molecule has 1 N–H and O–H groups in total. The molecule has 0 bridgehead atoms. The fraction of sp³-hybridized carbons (Fsp3) is 0.364. The Balaban J connectivity index is 2.53. The second-order valence-electron chi connectivity index (χ2n) is 3.17. The summed E-state index contributed by atoms with van der Waals surface area (Å²) in [5.41, 5.74) is 1.51. The lowest BCUT2D eigenvalue weighted by atomic mass is 10.2. The molecule has 5 heteroatoms. The van der Waals surface area contributed by atoms with Gasteiger partial charge in [-0.15, -0.1) is 0 Å². The van der Waals surface area contributed by atoms with Gasteiger partial charge in [-0.1, -0.05) is 11.8 Å². The molecule has 16 heavy (non-hydrogen) atoms. The highest BCUT2D eigenvalue weighted by atomic mass is 35.5. The second kappa shape index (κ2) is 6.09. The number of nitrogens with one attached hydrogen (secondary N) is 1. The Hall–Kier alpha value is -1.60. The van der Waals surface area contributed by atoms with Gasteiger partial charge in [-0.05, 0) is 18.5 Å². The zero-order valence-corrected chi connectivity index (χ0v) is 9.93. The van der Waals surface area contributed by atoms with Crippen LogP contribution in [-0.4, -0.2) is 22.4 Å². The minimum atomic E-state index is -0.0483. The Morgan fingerprint density at radius 2 is 2.38 bits per heavy atom. The van der Waals surface area contributed by atoms with Gasteiger partial charge in [0.05, 0.1) is 11.3 Å². The molecule has 0 aromatic carbocycles. The lowest BCUT2D eigenvalue weighted by molar-refractivity contribution is -0.118. The number of hydrogen-bond acceptors (Lipinski definition) is 3. The van der Waals surface area contributed by atoms with Crippen molar-refractivity contribution in [3.8, 4) is 11.8 Å². The van der Waals surface area contributed by atoms with Crippen LogP contribution in [0.1, 0.15) is 24.6 Å². The number of hydrogen-bond donors (Lipinski definition) is 1. The van der Waals surface area contributed by atoms with Gasteiger partial charge in [-0.25, -0.2) is 9.97 Å². The highest BCUT2D eigenvalue weighted by molar-refractivity contribution is 6.28. The standard InChI is InChI=1S/C11H12ClN3O/c1-8-10(7-14-11(12)15-8)5-3-4-6-13-9(2)16/h7H,4,6H2,1-2H3,(H,13,16). The predicted octanol–water partition coefficient (Wildman–Crippen LogP) is 1.32. The van der Waals surface area contributed by atoms with E-state index in [4.69, 9.17) is 11.6 Å². The van der Waals surface area contributed by atoms with Crippen LogP contribution in [-0.2, 0) is 4.79 Å². The van der Waals surface area contributed by atoms with E-state index in [9.17, 15) is 4.79 Å². The first-order valence-corrected chi connectivity index (χ1v) is 5.20. The fourth-order valence-corrected chi connectivity index (χ4v) is 1.20. The summed E-state index contributed by atoms with van der Waals surface area (Å²) in [6.07, 6.45) is 2.19. The molecular weight excluding hydrogens is 226 g/mol. The number of carbonyl (C=O) groups excluding carboxylic acids is 1. The van der Waals surface area contributed by atoms with Crippen LogP contribution in [0.15, 0.2) is 6.20 Å². The van der Waals surface area contributed by atoms with E-state index in [1.165, 1.54) is 6.92 Å². The topological polar surface area (TPSA) is 54.9 Å². The molecule has 0 aliphatic heterocycles. The first kappa shape index (κ1) is 12.5. The number of nitrogens with zero attached hydrogens (tertiary/aromatic N) is 2. The van der Waals surface area contributed by atoms with Gasteiger partial charge in [0.1, 0.15) is 0 Å². The van der Waals surface area contributed by atoms with Crippen molar-refractivity contribution >= 4 is 17.5 Å². The Morgan fingerprint density at radius 3 is 3.00 bits per heavy atom. The van der Waals surface area contributed by atoms with Crippen molar-refractivity contribution in [1.29, 1.82) is 0 Å². The molecule has 1 rings (SSSR count). The van der Waals surface area contributed by atoms with Crippen LogP contribution in [0, 0.1) is 18.8 Å². The maximum atomic E-state index is 10.6. The van der Waals surface area contributed by atoms with E-state index >= 15 is 0 Å². The molecule has 0 spiro atoms. The maximum absolute atomic E-state index is 10.6. The summed E-state index contributed by atoms with van der Waals surface area (Å²) in [5.74, 6) is 5.81. The molecule has 1 aromatic heterocycles. The average Bonchev–Trinajstić information content (AvgIpc) is 2.20. The van der Waals surface area contributed by atoms with E-state index in [1.807, 2.05) is 6.92 Å². The molecule has 0 atom stereocenters. The number of halogens is 1. The van der Waals surface area contributed by atoms with Crippen LogP contribution in [0.4, 0.5) is 0 Å². The molecule has 0 saturated carbocycles. The third kappa shape index (κ3) is 4.28. The molecule has 1 aromatic rings. The van der Waals surface area contributed by atoms with Crippen LogP contribution in [0.3, 0.4) is 0 Å². The van der Waals surface area contributed by atoms with Crippen molar-refractivity contribution in [2.45, 2.75) is 20.3 Å². The third-order valence-electron chi connectivity index (χ3n) is 1.80. The quantitative estimate of drug-likeness (QED) is 0.480. The lowest BCUT2D eigenvalue weighted by Gasteiger charge is -1.96. The van der Waals surface area contributed by atoms with Crippen molar-refractivity contribution in [2.75, 3.05) is 6.54 Å². The fourth-order valence-electron chi connectivity index (χ4n) is 1.02. The summed E-state index contributed by atoms with van der Waals surface area (Å²) in [6, 6.07) is 0. The number of rotatable bonds is 2.